The summed E-state index contributed by atoms with van der Waals surface area (Å²) >= 11 is 0. The van der Waals surface area contributed by atoms with E-state index in [-0.39, 0.29) is 6.04 Å². The lowest BCUT2D eigenvalue weighted by Crippen LogP contribution is -2.27. The topological polar surface area (TPSA) is 67.1 Å². The molecule has 1 aromatic heterocycles. The van der Waals surface area contributed by atoms with E-state index in [1.165, 1.54) is 0 Å². The van der Waals surface area contributed by atoms with Gasteiger partial charge in [-0.05, 0) is 20.3 Å². The summed E-state index contributed by atoms with van der Waals surface area (Å²) in [5.41, 5.74) is 5.90. The number of aromatic nitrogens is 2. The van der Waals surface area contributed by atoms with E-state index in [1.807, 2.05) is 13.0 Å². The molecule has 0 saturated carbocycles. The Hall–Kier alpha value is -1.36. The van der Waals surface area contributed by atoms with Crippen LogP contribution < -0.4 is 16.0 Å². The van der Waals surface area contributed by atoms with Crippen LogP contribution in [0.3, 0.4) is 0 Å². The number of hydrogen-bond donors (Lipinski definition) is 2. The second kappa shape index (κ2) is 4.65. The lowest BCUT2D eigenvalue weighted by molar-refractivity contribution is 0.751. The van der Waals surface area contributed by atoms with Crippen molar-refractivity contribution in [3.63, 3.8) is 0 Å². The van der Waals surface area contributed by atoms with Gasteiger partial charge in [0.2, 0.25) is 0 Å². The van der Waals surface area contributed by atoms with Crippen molar-refractivity contribution < 1.29 is 0 Å². The molecule has 0 bridgehead atoms. The van der Waals surface area contributed by atoms with Gasteiger partial charge >= 0.3 is 0 Å². The molecule has 88 valence electrons. The van der Waals surface area contributed by atoms with Crippen LogP contribution in [0.5, 0.6) is 0 Å². The molecule has 2 rings (SSSR count). The number of nitrogens with two attached hydrogens (primary N) is 1. The fourth-order valence-electron chi connectivity index (χ4n) is 1.98. The van der Waals surface area contributed by atoms with Crippen LogP contribution in [0, 0.1) is 6.92 Å². The van der Waals surface area contributed by atoms with Crippen molar-refractivity contribution >= 4 is 11.6 Å². The molecule has 1 fully saturated rings. The van der Waals surface area contributed by atoms with Crippen LogP contribution in [-0.4, -0.2) is 35.6 Å². The van der Waals surface area contributed by atoms with Gasteiger partial charge in [-0.3, -0.25) is 0 Å². The highest BCUT2D eigenvalue weighted by atomic mass is 15.2. The zero-order chi connectivity index (χ0) is 11.5. The quantitative estimate of drug-likeness (QED) is 0.788. The summed E-state index contributed by atoms with van der Waals surface area (Å²) in [7, 11) is 0. The molecule has 5 heteroatoms. The Labute approximate surface area is 96.1 Å². The van der Waals surface area contributed by atoms with Gasteiger partial charge < -0.3 is 16.0 Å². The third-order valence-electron chi connectivity index (χ3n) is 2.73. The van der Waals surface area contributed by atoms with Gasteiger partial charge in [0.15, 0.2) is 0 Å². The molecule has 1 atom stereocenters. The van der Waals surface area contributed by atoms with E-state index in [0.29, 0.717) is 0 Å². The maximum absolute atomic E-state index is 5.90. The number of hydrogen-bond acceptors (Lipinski definition) is 5. The molecular formula is C11H19N5. The largest absolute Gasteiger partial charge is 0.370 e. The average Bonchev–Trinajstić information content (AvgIpc) is 2.64. The van der Waals surface area contributed by atoms with E-state index in [1.54, 1.807) is 0 Å². The number of nitrogens with one attached hydrogen (secondary N) is 1. The molecule has 0 spiro atoms. The van der Waals surface area contributed by atoms with E-state index in [4.69, 9.17) is 5.73 Å². The Bertz CT molecular complexity index is 365. The number of anilines is 2. The van der Waals surface area contributed by atoms with Crippen molar-refractivity contribution in [1.29, 1.82) is 0 Å². The van der Waals surface area contributed by atoms with Gasteiger partial charge in [-0.25, -0.2) is 9.97 Å². The molecule has 3 N–H and O–H groups in total. The zero-order valence-corrected chi connectivity index (χ0v) is 9.90. The number of nitrogens with zero attached hydrogens (tertiary/aromatic N) is 3. The van der Waals surface area contributed by atoms with Gasteiger partial charge in [0.05, 0.1) is 0 Å². The van der Waals surface area contributed by atoms with Gasteiger partial charge in [0.25, 0.3) is 0 Å². The summed E-state index contributed by atoms with van der Waals surface area (Å²) in [5, 5.41) is 3.21. The highest BCUT2D eigenvalue weighted by Gasteiger charge is 2.20. The molecule has 5 nitrogen and oxygen atoms in total. The molecule has 1 aromatic rings. The first-order valence-electron chi connectivity index (χ1n) is 5.79. The Morgan fingerprint density at radius 3 is 3.00 bits per heavy atom. The second-order valence-electron chi connectivity index (χ2n) is 4.18. The first-order chi connectivity index (χ1) is 7.69. The Kier molecular flexibility index (Phi) is 3.24. The van der Waals surface area contributed by atoms with Gasteiger partial charge in [0, 0.05) is 31.7 Å². The zero-order valence-electron chi connectivity index (χ0n) is 9.90. The monoisotopic (exact) mass is 221 g/mol. The van der Waals surface area contributed by atoms with Crippen molar-refractivity contribution in [2.75, 3.05) is 29.9 Å². The van der Waals surface area contributed by atoms with Crippen molar-refractivity contribution in [1.82, 2.24) is 9.97 Å². The minimum absolute atomic E-state index is 0.276. The third-order valence-corrected chi connectivity index (χ3v) is 2.73. The summed E-state index contributed by atoms with van der Waals surface area (Å²) in [4.78, 5) is 11.0. The van der Waals surface area contributed by atoms with Crippen LogP contribution >= 0.6 is 0 Å². The molecule has 1 aliphatic heterocycles. The van der Waals surface area contributed by atoms with E-state index in [0.717, 1.165) is 43.5 Å². The molecule has 1 unspecified atom stereocenters. The third kappa shape index (κ3) is 2.41. The molecule has 0 radical (unpaired) electrons. The number of rotatable bonds is 3. The van der Waals surface area contributed by atoms with Crippen LogP contribution in [0.4, 0.5) is 11.6 Å². The van der Waals surface area contributed by atoms with Crippen LogP contribution in [0.1, 0.15) is 19.2 Å². The summed E-state index contributed by atoms with van der Waals surface area (Å²) < 4.78 is 0. The van der Waals surface area contributed by atoms with E-state index in [2.05, 4.69) is 27.1 Å². The Morgan fingerprint density at radius 1 is 1.56 bits per heavy atom. The molecular weight excluding hydrogens is 202 g/mol. The maximum atomic E-state index is 5.90. The van der Waals surface area contributed by atoms with E-state index >= 15 is 0 Å². The highest BCUT2D eigenvalue weighted by Crippen LogP contribution is 2.20. The molecule has 0 amide bonds. The lowest BCUT2D eigenvalue weighted by Gasteiger charge is -2.18. The van der Waals surface area contributed by atoms with Gasteiger partial charge in [0.1, 0.15) is 17.5 Å². The van der Waals surface area contributed by atoms with Gasteiger partial charge in [-0.1, -0.05) is 0 Å². The molecule has 16 heavy (non-hydrogen) atoms. The molecule has 0 aromatic carbocycles. The van der Waals surface area contributed by atoms with Crippen molar-refractivity contribution in [3.8, 4) is 0 Å². The van der Waals surface area contributed by atoms with Crippen molar-refractivity contribution in [2.45, 2.75) is 26.3 Å². The summed E-state index contributed by atoms with van der Waals surface area (Å²) in [6.45, 7) is 6.73. The van der Waals surface area contributed by atoms with Crippen LogP contribution in [-0.2, 0) is 0 Å². The predicted molar refractivity (Wildman–Crippen MR) is 65.7 cm³/mol. The summed E-state index contributed by atoms with van der Waals surface area (Å²) in [5.74, 6) is 2.68. The predicted octanol–water partition coefficient (Wildman–Crippen LogP) is 0.754. The number of aryl methyl sites for hydroxylation is 1. The highest BCUT2D eigenvalue weighted by molar-refractivity contribution is 5.50. The minimum Gasteiger partial charge on any atom is -0.370 e. The van der Waals surface area contributed by atoms with Crippen LogP contribution in [0.15, 0.2) is 6.07 Å². The van der Waals surface area contributed by atoms with Crippen molar-refractivity contribution in [3.05, 3.63) is 11.9 Å². The maximum Gasteiger partial charge on any atom is 0.134 e. The molecule has 0 aliphatic carbocycles. The van der Waals surface area contributed by atoms with Gasteiger partial charge in [-0.15, -0.1) is 0 Å². The fourth-order valence-corrected chi connectivity index (χ4v) is 1.98. The smallest absolute Gasteiger partial charge is 0.134 e. The second-order valence-corrected chi connectivity index (χ2v) is 4.18. The van der Waals surface area contributed by atoms with Crippen LogP contribution in [0.25, 0.3) is 0 Å². The van der Waals surface area contributed by atoms with Gasteiger partial charge in [-0.2, -0.15) is 0 Å². The summed E-state index contributed by atoms with van der Waals surface area (Å²) in [6, 6.07) is 2.27. The minimum atomic E-state index is 0.276. The van der Waals surface area contributed by atoms with E-state index < -0.39 is 0 Å². The average molecular weight is 221 g/mol. The SMILES string of the molecule is CCNc1cc(N2CCC(N)C2)nc(C)n1. The van der Waals surface area contributed by atoms with E-state index in [9.17, 15) is 0 Å². The standard InChI is InChI=1S/C11H19N5/c1-3-13-10-6-11(15-8(2)14-10)16-5-4-9(12)7-16/h6,9H,3-5,7,12H2,1-2H3,(H,13,14,15). The lowest BCUT2D eigenvalue weighted by atomic mass is 10.3. The fraction of sp³-hybridized carbons (Fsp3) is 0.636. The summed E-state index contributed by atoms with van der Waals surface area (Å²) in [6.07, 6.45) is 1.04. The van der Waals surface area contributed by atoms with Crippen molar-refractivity contribution in [2.24, 2.45) is 5.73 Å². The molecule has 1 saturated heterocycles. The Morgan fingerprint density at radius 2 is 2.38 bits per heavy atom. The normalized spacial score (nSPS) is 20.2. The molecule has 1 aliphatic rings. The van der Waals surface area contributed by atoms with Crippen LogP contribution in [0.2, 0.25) is 0 Å². The first kappa shape index (κ1) is 11.1. The Balaban J connectivity index is 2.20. The first-order valence-corrected chi connectivity index (χ1v) is 5.79. The molecule has 2 heterocycles.